The summed E-state index contributed by atoms with van der Waals surface area (Å²) in [6.45, 7) is 4.35. The second-order valence-corrected chi connectivity index (χ2v) is 7.76. The zero-order chi connectivity index (χ0) is 14.8. The molecule has 0 radical (unpaired) electrons. The number of phenols is 1. The molecule has 2 saturated carbocycles. The molecule has 0 heterocycles. The van der Waals surface area contributed by atoms with Crippen LogP contribution in [0.25, 0.3) is 0 Å². The number of aryl methyl sites for hydroxylation is 1. The molecule has 2 nitrogen and oxygen atoms in total. The lowest BCUT2D eigenvalue weighted by Crippen LogP contribution is -2.42. The molecule has 5 atom stereocenters. The Balaban J connectivity index is 1.73. The molecular formula is C19H24O2. The highest BCUT2D eigenvalue weighted by atomic mass is 16.3. The molecule has 112 valence electrons. The maximum Gasteiger partial charge on any atom is 0.141 e. The predicted octanol–water partition coefficient (Wildman–Crippen LogP) is 4.06. The van der Waals surface area contributed by atoms with E-state index in [1.807, 2.05) is 12.1 Å². The fraction of sp³-hybridized carbons (Fsp3) is 0.632. The number of ketones is 1. The van der Waals surface area contributed by atoms with Gasteiger partial charge in [-0.1, -0.05) is 19.9 Å². The summed E-state index contributed by atoms with van der Waals surface area (Å²) >= 11 is 0. The van der Waals surface area contributed by atoms with Crippen molar-refractivity contribution in [2.45, 2.75) is 51.9 Å². The summed E-state index contributed by atoms with van der Waals surface area (Å²) in [7, 11) is 0. The molecule has 3 aliphatic rings. The number of hydrogen-bond acceptors (Lipinski definition) is 2. The van der Waals surface area contributed by atoms with Gasteiger partial charge in [-0.05, 0) is 73.1 Å². The largest absolute Gasteiger partial charge is 0.508 e. The number of carbonyl (C=O) groups excluding carboxylic acids is 1. The van der Waals surface area contributed by atoms with Gasteiger partial charge in [0.1, 0.15) is 11.5 Å². The Morgan fingerprint density at radius 1 is 1.29 bits per heavy atom. The zero-order valence-electron chi connectivity index (χ0n) is 12.9. The van der Waals surface area contributed by atoms with E-state index < -0.39 is 0 Å². The van der Waals surface area contributed by atoms with Crippen molar-refractivity contribution in [3.8, 4) is 5.75 Å². The van der Waals surface area contributed by atoms with E-state index in [0.29, 0.717) is 29.3 Å². The molecule has 0 spiro atoms. The van der Waals surface area contributed by atoms with E-state index in [1.165, 1.54) is 17.5 Å². The van der Waals surface area contributed by atoms with Gasteiger partial charge in [0.25, 0.3) is 0 Å². The third-order valence-corrected chi connectivity index (χ3v) is 6.72. The molecule has 0 aliphatic heterocycles. The van der Waals surface area contributed by atoms with Crippen LogP contribution in [-0.2, 0) is 11.2 Å². The molecule has 1 aromatic rings. The summed E-state index contributed by atoms with van der Waals surface area (Å²) in [5, 5.41) is 9.70. The maximum atomic E-state index is 12.6. The number of hydrogen-bond donors (Lipinski definition) is 1. The van der Waals surface area contributed by atoms with Crippen molar-refractivity contribution in [1.29, 1.82) is 0 Å². The summed E-state index contributed by atoms with van der Waals surface area (Å²) < 4.78 is 0. The first-order valence-electron chi connectivity index (χ1n) is 8.37. The van der Waals surface area contributed by atoms with E-state index in [-0.39, 0.29) is 11.3 Å². The normalized spacial score (nSPS) is 41.3. The van der Waals surface area contributed by atoms with Crippen molar-refractivity contribution >= 4 is 5.78 Å². The lowest BCUT2D eigenvalue weighted by atomic mass is 9.55. The number of fused-ring (bicyclic) bond motifs is 5. The third-order valence-electron chi connectivity index (χ3n) is 6.72. The van der Waals surface area contributed by atoms with Gasteiger partial charge >= 0.3 is 0 Å². The molecule has 2 fully saturated rings. The van der Waals surface area contributed by atoms with Crippen molar-refractivity contribution in [3.63, 3.8) is 0 Å². The van der Waals surface area contributed by atoms with Gasteiger partial charge in [0.05, 0.1) is 0 Å². The van der Waals surface area contributed by atoms with Crippen molar-refractivity contribution in [3.05, 3.63) is 29.3 Å². The van der Waals surface area contributed by atoms with E-state index in [0.717, 1.165) is 25.7 Å². The SMILES string of the molecule is C[C@@H]1C[C@H]2[C@@H]3CCc4cc(O)ccc4[C@H]3CC[C@]2(C)C1=O. The highest BCUT2D eigenvalue weighted by molar-refractivity contribution is 5.89. The quantitative estimate of drug-likeness (QED) is 0.780. The Labute approximate surface area is 126 Å². The molecular weight excluding hydrogens is 260 g/mol. The fourth-order valence-corrected chi connectivity index (χ4v) is 5.68. The number of Topliss-reactive ketones (excluding diaryl/α,β-unsaturated/α-hetero) is 1. The summed E-state index contributed by atoms with van der Waals surface area (Å²) in [6, 6.07) is 5.91. The van der Waals surface area contributed by atoms with Crippen molar-refractivity contribution in [1.82, 2.24) is 0 Å². The monoisotopic (exact) mass is 284 g/mol. The molecule has 0 saturated heterocycles. The van der Waals surface area contributed by atoms with Gasteiger partial charge in [0.15, 0.2) is 0 Å². The first-order valence-corrected chi connectivity index (χ1v) is 8.37. The van der Waals surface area contributed by atoms with Gasteiger partial charge in [0.2, 0.25) is 0 Å². The zero-order valence-corrected chi connectivity index (χ0v) is 12.9. The van der Waals surface area contributed by atoms with Crippen LogP contribution in [0.4, 0.5) is 0 Å². The van der Waals surface area contributed by atoms with Crippen molar-refractivity contribution < 1.29 is 9.90 Å². The summed E-state index contributed by atoms with van der Waals surface area (Å²) in [6.07, 6.45) is 5.50. The summed E-state index contributed by atoms with van der Waals surface area (Å²) in [5.74, 6) is 2.99. The first-order chi connectivity index (χ1) is 10.0. The van der Waals surface area contributed by atoms with Gasteiger partial charge in [-0.3, -0.25) is 4.79 Å². The molecule has 0 unspecified atom stereocenters. The standard InChI is InChI=1S/C19H24O2/c1-11-9-17-16-5-3-12-10-13(20)4-6-14(12)15(16)7-8-19(17,2)18(11)21/h4,6,10-11,15-17,20H,3,5,7-9H2,1-2H3/t11-,15-,16-,17+,19+/m1/s1. The van der Waals surface area contributed by atoms with Gasteiger partial charge in [-0.25, -0.2) is 0 Å². The van der Waals surface area contributed by atoms with Gasteiger partial charge < -0.3 is 5.11 Å². The predicted molar refractivity (Wildman–Crippen MR) is 82.3 cm³/mol. The van der Waals surface area contributed by atoms with Crippen LogP contribution >= 0.6 is 0 Å². The van der Waals surface area contributed by atoms with Crippen LogP contribution in [0.5, 0.6) is 5.75 Å². The molecule has 0 bridgehead atoms. The average Bonchev–Trinajstić information content (AvgIpc) is 2.70. The van der Waals surface area contributed by atoms with Crippen LogP contribution in [0.3, 0.4) is 0 Å². The Morgan fingerprint density at radius 3 is 2.90 bits per heavy atom. The first kappa shape index (κ1) is 13.4. The molecule has 1 N–H and O–H groups in total. The minimum Gasteiger partial charge on any atom is -0.508 e. The topological polar surface area (TPSA) is 37.3 Å². The number of phenolic OH excluding ortho intramolecular Hbond substituents is 1. The van der Waals surface area contributed by atoms with Crippen molar-refractivity contribution in [2.75, 3.05) is 0 Å². The Kier molecular flexibility index (Phi) is 2.76. The second-order valence-electron chi connectivity index (χ2n) is 7.76. The van der Waals surface area contributed by atoms with Crippen LogP contribution in [0, 0.1) is 23.2 Å². The van der Waals surface area contributed by atoms with Crippen LogP contribution in [0.1, 0.15) is 56.6 Å². The molecule has 0 amide bonds. The molecule has 0 aromatic heterocycles. The van der Waals surface area contributed by atoms with Crippen LogP contribution < -0.4 is 0 Å². The highest BCUT2D eigenvalue weighted by Gasteiger charge is 2.56. The second kappa shape index (κ2) is 4.34. The summed E-state index contributed by atoms with van der Waals surface area (Å²) in [4.78, 5) is 12.6. The number of benzene rings is 1. The highest BCUT2D eigenvalue weighted by Crippen LogP contribution is 2.60. The number of rotatable bonds is 0. The van der Waals surface area contributed by atoms with E-state index in [4.69, 9.17) is 0 Å². The average molecular weight is 284 g/mol. The van der Waals surface area contributed by atoms with Crippen LogP contribution in [0.15, 0.2) is 18.2 Å². The van der Waals surface area contributed by atoms with Gasteiger partial charge in [-0.2, -0.15) is 0 Å². The number of aromatic hydroxyl groups is 1. The molecule has 1 aromatic carbocycles. The van der Waals surface area contributed by atoms with E-state index in [2.05, 4.69) is 19.9 Å². The molecule has 2 heteroatoms. The molecule has 3 aliphatic carbocycles. The lowest BCUT2D eigenvalue weighted by Gasteiger charge is -2.48. The van der Waals surface area contributed by atoms with E-state index in [9.17, 15) is 9.90 Å². The van der Waals surface area contributed by atoms with Crippen LogP contribution in [0.2, 0.25) is 0 Å². The van der Waals surface area contributed by atoms with Gasteiger partial charge in [-0.15, -0.1) is 0 Å². The van der Waals surface area contributed by atoms with E-state index >= 15 is 0 Å². The van der Waals surface area contributed by atoms with Crippen LogP contribution in [-0.4, -0.2) is 10.9 Å². The van der Waals surface area contributed by atoms with Gasteiger partial charge in [0, 0.05) is 11.3 Å². The Bertz CT molecular complexity index is 606. The minimum atomic E-state index is -0.0605. The smallest absolute Gasteiger partial charge is 0.141 e. The third kappa shape index (κ3) is 1.74. The van der Waals surface area contributed by atoms with Crippen molar-refractivity contribution in [2.24, 2.45) is 23.2 Å². The summed E-state index contributed by atoms with van der Waals surface area (Å²) in [5.41, 5.74) is 2.71. The minimum absolute atomic E-state index is 0.0605. The molecule has 21 heavy (non-hydrogen) atoms. The Hall–Kier alpha value is -1.31. The number of carbonyl (C=O) groups is 1. The maximum absolute atomic E-state index is 12.6. The van der Waals surface area contributed by atoms with E-state index in [1.54, 1.807) is 0 Å². The molecule has 4 rings (SSSR count). The lowest BCUT2D eigenvalue weighted by molar-refractivity contribution is -0.131. The fourth-order valence-electron chi connectivity index (χ4n) is 5.68. The Morgan fingerprint density at radius 2 is 2.10 bits per heavy atom.